The molecule has 1 saturated carbocycles. The summed E-state index contributed by atoms with van der Waals surface area (Å²) in [5.74, 6) is 0.425. The van der Waals surface area contributed by atoms with Gasteiger partial charge in [0.15, 0.2) is 5.15 Å². The number of amides is 4. The number of imidazole rings is 2. The molecule has 2 aliphatic heterocycles. The number of carbonyl (C=O) groups excluding carboxylic acids is 4. The molecule has 5 aromatic rings. The normalized spacial score (nSPS) is 23.1. The number of likely N-dealkylation sites (tertiary alicyclic amines) is 2. The predicted octanol–water partition coefficient (Wildman–Crippen LogP) is 8.29. The van der Waals surface area contributed by atoms with Crippen LogP contribution < -0.4 is 10.6 Å². The number of nitrogens with one attached hydrogen (secondary N) is 4. The van der Waals surface area contributed by atoms with Crippen molar-refractivity contribution < 1.29 is 33.0 Å². The van der Waals surface area contributed by atoms with E-state index < -0.39 is 36.1 Å². The van der Waals surface area contributed by atoms with Gasteiger partial charge in [0.1, 0.15) is 29.5 Å². The number of aromatic amines is 2. The molecule has 8 rings (SSSR count). The summed E-state index contributed by atoms with van der Waals surface area (Å²) in [5.41, 5.74) is 3.64. The molecule has 8 atom stereocenters. The number of piperidine rings is 1. The summed E-state index contributed by atoms with van der Waals surface area (Å²) in [6.07, 6.45) is 1.00. The highest BCUT2D eigenvalue weighted by atomic mass is 35.5. The molecule has 3 aromatic carbocycles. The fourth-order valence-corrected chi connectivity index (χ4v) is 9.56. The van der Waals surface area contributed by atoms with Crippen molar-refractivity contribution in [2.45, 2.75) is 97.1 Å². The highest BCUT2D eigenvalue weighted by molar-refractivity contribution is 6.32. The maximum atomic E-state index is 16.1. The topological polar surface area (TPSA) is 175 Å². The van der Waals surface area contributed by atoms with E-state index >= 15 is 4.39 Å². The summed E-state index contributed by atoms with van der Waals surface area (Å²) in [4.78, 5) is 72.1. The number of methoxy groups -OCH3 is 2. The molecule has 4 amide bonds. The van der Waals surface area contributed by atoms with Crippen molar-refractivity contribution in [1.82, 2.24) is 40.4 Å². The van der Waals surface area contributed by atoms with Crippen LogP contribution in [0.25, 0.3) is 44.2 Å². The Hall–Kier alpha value is -5.70. The fraction of sp³-hybridized carbons (Fsp3) is 0.467. The lowest BCUT2D eigenvalue weighted by Gasteiger charge is -2.33. The van der Waals surface area contributed by atoms with Gasteiger partial charge >= 0.3 is 12.2 Å². The number of hydrogen-bond acceptors (Lipinski definition) is 8. The molecule has 2 unspecified atom stereocenters. The average molecular weight is 855 g/mol. The number of benzene rings is 3. The molecule has 61 heavy (non-hydrogen) atoms. The number of carbonyl (C=O) groups is 4. The minimum Gasteiger partial charge on any atom is -0.453 e. The number of rotatable bonds is 10. The van der Waals surface area contributed by atoms with Crippen molar-refractivity contribution in [3.05, 3.63) is 71.2 Å². The number of fused-ring (bicyclic) bond motifs is 4. The monoisotopic (exact) mass is 854 g/mol. The van der Waals surface area contributed by atoms with Crippen LogP contribution in [0.2, 0.25) is 5.15 Å². The zero-order valence-electron chi connectivity index (χ0n) is 35.5. The third kappa shape index (κ3) is 7.65. The van der Waals surface area contributed by atoms with E-state index in [1.54, 1.807) is 11.0 Å². The van der Waals surface area contributed by atoms with Gasteiger partial charge in [0.05, 0.1) is 43.0 Å². The molecule has 1 aliphatic carbocycles. The second-order valence-electron chi connectivity index (χ2n) is 17.5. The molecule has 0 radical (unpaired) electrons. The Morgan fingerprint density at radius 2 is 1.39 bits per heavy atom. The molecule has 322 valence electrons. The molecule has 4 N–H and O–H groups in total. The summed E-state index contributed by atoms with van der Waals surface area (Å²) < 4.78 is 25.7. The van der Waals surface area contributed by atoms with Crippen LogP contribution in [0.15, 0.2) is 48.5 Å². The summed E-state index contributed by atoms with van der Waals surface area (Å²) in [7, 11) is 2.54. The largest absolute Gasteiger partial charge is 0.453 e. The minimum absolute atomic E-state index is 0.0859. The second kappa shape index (κ2) is 16.3. The zero-order valence-corrected chi connectivity index (χ0v) is 36.3. The summed E-state index contributed by atoms with van der Waals surface area (Å²) in [6.45, 7) is 11.5. The first-order chi connectivity index (χ1) is 29.1. The maximum Gasteiger partial charge on any atom is 0.407 e. The summed E-state index contributed by atoms with van der Waals surface area (Å²) >= 11 is 6.69. The molecule has 3 fully saturated rings. The van der Waals surface area contributed by atoms with Crippen LogP contribution >= 0.6 is 11.6 Å². The Morgan fingerprint density at radius 1 is 0.787 bits per heavy atom. The Labute approximate surface area is 358 Å². The lowest BCUT2D eigenvalue weighted by molar-refractivity contribution is -0.138. The van der Waals surface area contributed by atoms with Gasteiger partial charge in [-0.15, -0.1) is 0 Å². The van der Waals surface area contributed by atoms with E-state index in [-0.39, 0.29) is 58.4 Å². The van der Waals surface area contributed by atoms with E-state index in [1.807, 2.05) is 75.9 Å². The molecular weight excluding hydrogens is 803 g/mol. The van der Waals surface area contributed by atoms with Gasteiger partial charge in [-0.3, -0.25) is 9.59 Å². The highest BCUT2D eigenvalue weighted by Crippen LogP contribution is 2.53. The quantitative estimate of drug-likeness (QED) is 0.109. The van der Waals surface area contributed by atoms with Gasteiger partial charge in [-0.1, -0.05) is 70.5 Å². The van der Waals surface area contributed by atoms with E-state index in [0.29, 0.717) is 35.2 Å². The van der Waals surface area contributed by atoms with E-state index in [4.69, 9.17) is 26.1 Å². The van der Waals surface area contributed by atoms with Crippen molar-refractivity contribution in [3.63, 3.8) is 0 Å². The fourth-order valence-electron chi connectivity index (χ4n) is 9.32. The van der Waals surface area contributed by atoms with E-state index in [1.165, 1.54) is 20.3 Å². The summed E-state index contributed by atoms with van der Waals surface area (Å²) in [6, 6.07) is 12.5. The van der Waals surface area contributed by atoms with Gasteiger partial charge in [-0.05, 0) is 90.6 Å². The Kier molecular flexibility index (Phi) is 11.2. The van der Waals surface area contributed by atoms with Crippen molar-refractivity contribution in [3.8, 4) is 22.4 Å². The van der Waals surface area contributed by atoms with Crippen LogP contribution in [0.3, 0.4) is 0 Å². The molecular formula is C45H52ClFN8O6. The molecule has 2 saturated heterocycles. The third-order valence-corrected chi connectivity index (χ3v) is 13.2. The molecule has 16 heteroatoms. The molecule has 4 heterocycles. The van der Waals surface area contributed by atoms with Crippen LogP contribution in [0.1, 0.15) is 84.5 Å². The average Bonchev–Trinajstić information content (AvgIpc) is 3.53. The SMILES string of the molecule is COC(=O)N[C@H](C(=O)N1C(c2nc(Cl)c(-c3ccc(-c4ccc5c(ccc6nc([C@@H]7C[C@H]8C[C@H]8N7C(=O)[C@@H](NC(=O)OC)C(C)C)[nH]c65)c4)cc3F)[nH]2)CC(C)[C@H]1C)C(C)C. The van der Waals surface area contributed by atoms with Gasteiger partial charge in [-0.25, -0.2) is 23.9 Å². The first-order valence-electron chi connectivity index (χ1n) is 20.9. The van der Waals surface area contributed by atoms with E-state index in [9.17, 15) is 19.2 Å². The molecule has 2 aromatic heterocycles. The molecule has 0 spiro atoms. The summed E-state index contributed by atoms with van der Waals surface area (Å²) in [5, 5.41) is 7.36. The minimum atomic E-state index is -0.817. The standard InChI is InChI=1S/C45H52ClFN8O6/c1-20(2)35(51-44(58)60-7)42(56)54-23(6)22(5)15-33(54)41-50-38(39(46)53-41)29-13-10-25(17-30(29)47)24-9-12-28-26(16-24)11-14-31-37(28)49-40(48-31)34-19-27-18-32(27)55(34)43(57)36(21(3)4)52-45(59)61-8/h9-14,16-17,20-23,27,32-36H,15,18-19H2,1-8H3,(H,48,49)(H,50,53)(H,51,58)(H,52,59)/t22?,23-,27-,32-,33?,34+,35+,36+/m1/s1. The van der Waals surface area contributed by atoms with Gasteiger partial charge in [-0.2, -0.15) is 0 Å². The number of nitrogens with zero attached hydrogens (tertiary/aromatic N) is 4. The smallest absolute Gasteiger partial charge is 0.407 e. The van der Waals surface area contributed by atoms with Gasteiger partial charge in [0.25, 0.3) is 0 Å². The number of ether oxygens (including phenoxy) is 2. The number of aromatic nitrogens is 4. The lowest BCUT2D eigenvalue weighted by atomic mass is 9.99. The Bertz CT molecular complexity index is 2540. The second-order valence-corrected chi connectivity index (χ2v) is 17.8. The predicted molar refractivity (Wildman–Crippen MR) is 229 cm³/mol. The van der Waals surface area contributed by atoms with Crippen molar-refractivity contribution >= 4 is 57.4 Å². The van der Waals surface area contributed by atoms with Crippen molar-refractivity contribution in [2.75, 3.05) is 14.2 Å². The van der Waals surface area contributed by atoms with E-state index in [0.717, 1.165) is 40.2 Å². The van der Waals surface area contributed by atoms with Crippen LogP contribution in [0.4, 0.5) is 14.0 Å². The van der Waals surface area contributed by atoms with Gasteiger partial charge in [0, 0.05) is 23.0 Å². The van der Waals surface area contributed by atoms with Crippen LogP contribution in [-0.2, 0) is 19.1 Å². The lowest BCUT2D eigenvalue weighted by Crippen LogP contribution is -2.53. The Balaban J connectivity index is 1.04. The number of halogens is 2. The Morgan fingerprint density at radius 3 is 2.03 bits per heavy atom. The molecule has 3 aliphatic rings. The van der Waals surface area contributed by atoms with Crippen LogP contribution in [0.5, 0.6) is 0 Å². The number of hydrogen-bond donors (Lipinski definition) is 4. The molecule has 0 bridgehead atoms. The number of alkyl carbamates (subject to hydrolysis) is 2. The molecule has 14 nitrogen and oxygen atoms in total. The first kappa shape index (κ1) is 42.0. The first-order valence-corrected chi connectivity index (χ1v) is 21.3. The zero-order chi connectivity index (χ0) is 43.6. The van der Waals surface area contributed by atoms with Crippen molar-refractivity contribution in [1.29, 1.82) is 0 Å². The third-order valence-electron chi connectivity index (χ3n) is 13.0. The van der Waals surface area contributed by atoms with Crippen LogP contribution in [0, 0.1) is 29.5 Å². The maximum absolute atomic E-state index is 16.1. The van der Waals surface area contributed by atoms with Crippen molar-refractivity contribution in [2.24, 2.45) is 23.7 Å². The highest BCUT2D eigenvalue weighted by Gasteiger charge is 2.56. The van der Waals surface area contributed by atoms with Gasteiger partial charge < -0.3 is 39.9 Å². The van der Waals surface area contributed by atoms with E-state index in [2.05, 4.69) is 32.5 Å². The number of H-pyrrole nitrogens is 2. The van der Waals surface area contributed by atoms with Crippen LogP contribution in [-0.4, -0.2) is 92.1 Å². The van der Waals surface area contributed by atoms with Gasteiger partial charge in [0.2, 0.25) is 11.8 Å².